The van der Waals surface area contributed by atoms with E-state index < -0.39 is 0 Å². The summed E-state index contributed by atoms with van der Waals surface area (Å²) in [5.74, 6) is 1.00. The maximum atomic E-state index is 6.79. The van der Waals surface area contributed by atoms with E-state index in [1.54, 1.807) is 0 Å². The minimum atomic E-state index is 0.0107. The van der Waals surface area contributed by atoms with Crippen LogP contribution in [0.1, 0.15) is 23.7 Å². The standard InChI is InChI=1S/C56H41NO/c1-2-3-24-49(35-47-23-14-25-52-54-36-44-21-12-13-22-45(44)37-55(54)58-56(47)52)57(48-30-28-40(29-31-48)46-27-26-39-15-10-11-20-43(39)34-46)50-32-33-51(41-16-6-4-7-17-41)53(38-50)42-18-8-5-9-19-42/h2-22,24-38,47H,1,23H2/b24-3-,49-35-. The molecule has 1 unspecified atom stereocenters. The highest BCUT2D eigenvalue weighted by molar-refractivity contribution is 6.00. The summed E-state index contributed by atoms with van der Waals surface area (Å²) in [4.78, 5) is 2.38. The summed E-state index contributed by atoms with van der Waals surface area (Å²) in [5, 5.41) is 6.02. The molecule has 1 heterocycles. The molecule has 276 valence electrons. The number of hydrogen-bond acceptors (Lipinski definition) is 2. The van der Waals surface area contributed by atoms with Crippen LogP contribution in [0.25, 0.3) is 72.0 Å². The molecule has 10 rings (SSSR count). The first-order valence-electron chi connectivity index (χ1n) is 20.0. The van der Waals surface area contributed by atoms with Gasteiger partial charge in [0.05, 0.1) is 0 Å². The van der Waals surface area contributed by atoms with Gasteiger partial charge in [0.2, 0.25) is 0 Å². The summed E-state index contributed by atoms with van der Waals surface area (Å²) in [6.07, 6.45) is 13.8. The molecule has 0 spiro atoms. The van der Waals surface area contributed by atoms with E-state index in [0.29, 0.717) is 0 Å². The quantitative estimate of drug-likeness (QED) is 0.137. The lowest BCUT2D eigenvalue weighted by molar-refractivity contribution is 0.522. The van der Waals surface area contributed by atoms with Gasteiger partial charge in [-0.2, -0.15) is 0 Å². The molecular formula is C56H41NO. The van der Waals surface area contributed by atoms with Crippen molar-refractivity contribution in [3.8, 4) is 33.4 Å². The van der Waals surface area contributed by atoms with E-state index in [4.69, 9.17) is 4.42 Å². The Hall–Kier alpha value is -7.42. The normalized spacial score (nSPS) is 14.0. The molecular weight excluding hydrogens is 703 g/mol. The van der Waals surface area contributed by atoms with E-state index in [1.165, 1.54) is 54.9 Å². The molecule has 1 aliphatic rings. The van der Waals surface area contributed by atoms with Gasteiger partial charge in [-0.15, -0.1) is 0 Å². The largest absolute Gasteiger partial charge is 0.460 e. The van der Waals surface area contributed by atoms with Gasteiger partial charge in [-0.25, -0.2) is 0 Å². The fourth-order valence-electron chi connectivity index (χ4n) is 8.44. The van der Waals surface area contributed by atoms with Gasteiger partial charge in [-0.3, -0.25) is 0 Å². The molecule has 2 heteroatoms. The summed E-state index contributed by atoms with van der Waals surface area (Å²) in [5.41, 5.74) is 12.3. The molecule has 1 atom stereocenters. The van der Waals surface area contributed by atoms with Gasteiger partial charge in [-0.05, 0) is 116 Å². The number of furan rings is 1. The first-order valence-corrected chi connectivity index (χ1v) is 20.0. The molecule has 0 aliphatic heterocycles. The Morgan fingerprint density at radius 2 is 1.17 bits per heavy atom. The summed E-state index contributed by atoms with van der Waals surface area (Å²) in [6, 6.07) is 65.4. The predicted octanol–water partition coefficient (Wildman–Crippen LogP) is 15.7. The van der Waals surface area contributed by atoms with Crippen LogP contribution in [0.2, 0.25) is 0 Å². The van der Waals surface area contributed by atoms with Crippen molar-refractivity contribution < 1.29 is 4.42 Å². The molecule has 9 aromatic rings. The van der Waals surface area contributed by atoms with Crippen molar-refractivity contribution in [1.29, 1.82) is 0 Å². The van der Waals surface area contributed by atoms with Crippen LogP contribution in [0.3, 0.4) is 0 Å². The van der Waals surface area contributed by atoms with Crippen molar-refractivity contribution in [1.82, 2.24) is 0 Å². The van der Waals surface area contributed by atoms with Crippen LogP contribution < -0.4 is 4.90 Å². The van der Waals surface area contributed by atoms with E-state index in [9.17, 15) is 0 Å². The van der Waals surface area contributed by atoms with Crippen LogP contribution in [0.15, 0.2) is 229 Å². The van der Waals surface area contributed by atoms with Crippen molar-refractivity contribution in [2.24, 2.45) is 0 Å². The first kappa shape index (κ1) is 35.0. The van der Waals surface area contributed by atoms with Crippen LogP contribution in [0, 0.1) is 0 Å². The summed E-state index contributed by atoms with van der Waals surface area (Å²) in [6.45, 7) is 4.08. The van der Waals surface area contributed by atoms with Crippen LogP contribution in [-0.2, 0) is 0 Å². The van der Waals surface area contributed by atoms with E-state index >= 15 is 0 Å². The average molecular weight is 744 g/mol. The zero-order valence-electron chi connectivity index (χ0n) is 32.1. The molecule has 0 saturated carbocycles. The highest BCUT2D eigenvalue weighted by Crippen LogP contribution is 2.43. The first-order chi connectivity index (χ1) is 28.7. The Bertz CT molecular complexity index is 3040. The summed E-state index contributed by atoms with van der Waals surface area (Å²) in [7, 11) is 0. The molecule has 0 bridgehead atoms. The van der Waals surface area contributed by atoms with E-state index in [-0.39, 0.29) is 5.92 Å². The molecule has 0 N–H and O–H groups in total. The zero-order chi connectivity index (χ0) is 38.8. The van der Waals surface area contributed by atoms with Gasteiger partial charge in [0.1, 0.15) is 11.3 Å². The van der Waals surface area contributed by atoms with Crippen LogP contribution in [-0.4, -0.2) is 0 Å². The Kier molecular flexibility index (Phi) is 9.21. The highest BCUT2D eigenvalue weighted by Gasteiger charge is 2.25. The predicted molar refractivity (Wildman–Crippen MR) is 246 cm³/mol. The molecule has 0 radical (unpaired) electrons. The van der Waals surface area contributed by atoms with Crippen molar-refractivity contribution in [3.05, 3.63) is 236 Å². The minimum absolute atomic E-state index is 0.0107. The molecule has 1 aliphatic carbocycles. The third-order valence-corrected chi connectivity index (χ3v) is 11.3. The van der Waals surface area contributed by atoms with Gasteiger partial charge in [0.25, 0.3) is 0 Å². The lowest BCUT2D eigenvalue weighted by Gasteiger charge is -2.29. The minimum Gasteiger partial charge on any atom is -0.460 e. The third-order valence-electron chi connectivity index (χ3n) is 11.3. The molecule has 1 aromatic heterocycles. The molecule has 8 aromatic carbocycles. The average Bonchev–Trinajstić information content (AvgIpc) is 3.66. The maximum Gasteiger partial charge on any atom is 0.135 e. The van der Waals surface area contributed by atoms with E-state index in [1.807, 2.05) is 12.2 Å². The summed E-state index contributed by atoms with van der Waals surface area (Å²) >= 11 is 0. The molecule has 0 amide bonds. The number of nitrogens with zero attached hydrogens (tertiary/aromatic N) is 1. The van der Waals surface area contributed by atoms with Crippen LogP contribution >= 0.6 is 0 Å². The second-order valence-electron chi connectivity index (χ2n) is 14.9. The SMILES string of the molecule is C=C/C=C\C(=C\C1CC=Cc2c1oc1cc3ccccc3cc21)N(c1ccc(-c2ccc3ccccc3c2)cc1)c1ccc(-c2ccccc2)c(-c2ccccc2)c1. The molecule has 0 fully saturated rings. The Labute approximate surface area is 339 Å². The zero-order valence-corrected chi connectivity index (χ0v) is 32.1. The topological polar surface area (TPSA) is 16.4 Å². The number of allylic oxidation sites excluding steroid dienone is 5. The van der Waals surface area contributed by atoms with Crippen molar-refractivity contribution in [2.45, 2.75) is 12.3 Å². The fourth-order valence-corrected chi connectivity index (χ4v) is 8.44. The molecule has 58 heavy (non-hydrogen) atoms. The Morgan fingerprint density at radius 3 is 1.90 bits per heavy atom. The van der Waals surface area contributed by atoms with Crippen molar-refractivity contribution >= 4 is 50.0 Å². The smallest absolute Gasteiger partial charge is 0.135 e. The lowest BCUT2D eigenvalue weighted by atomic mass is 9.90. The van der Waals surface area contributed by atoms with Gasteiger partial charge in [-0.1, -0.05) is 170 Å². The van der Waals surface area contributed by atoms with E-state index in [2.05, 4.69) is 218 Å². The maximum absolute atomic E-state index is 6.79. The van der Waals surface area contributed by atoms with Crippen LogP contribution in [0.4, 0.5) is 11.4 Å². The number of fused-ring (bicyclic) bond motifs is 5. The second kappa shape index (κ2) is 15.3. The number of hydrogen-bond donors (Lipinski definition) is 0. The van der Waals surface area contributed by atoms with Gasteiger partial charge in [0.15, 0.2) is 0 Å². The third kappa shape index (κ3) is 6.65. The van der Waals surface area contributed by atoms with Crippen molar-refractivity contribution in [3.63, 3.8) is 0 Å². The number of rotatable bonds is 9. The molecule has 2 nitrogen and oxygen atoms in total. The lowest BCUT2D eigenvalue weighted by Crippen LogP contribution is -2.17. The van der Waals surface area contributed by atoms with Crippen molar-refractivity contribution in [2.75, 3.05) is 4.90 Å². The Balaban J connectivity index is 1.14. The molecule has 0 saturated heterocycles. The van der Waals surface area contributed by atoms with Gasteiger partial charge < -0.3 is 9.32 Å². The van der Waals surface area contributed by atoms with Gasteiger partial charge in [0, 0.05) is 33.9 Å². The second-order valence-corrected chi connectivity index (χ2v) is 14.9. The Morgan fingerprint density at radius 1 is 0.552 bits per heavy atom. The summed E-state index contributed by atoms with van der Waals surface area (Å²) < 4.78 is 6.79. The van der Waals surface area contributed by atoms with Crippen LogP contribution in [0.5, 0.6) is 0 Å². The number of benzene rings is 8. The van der Waals surface area contributed by atoms with Gasteiger partial charge >= 0.3 is 0 Å². The number of anilines is 2. The monoisotopic (exact) mass is 743 g/mol. The highest BCUT2D eigenvalue weighted by atomic mass is 16.3. The van der Waals surface area contributed by atoms with E-state index in [0.717, 1.165) is 45.8 Å². The fraction of sp³-hybridized carbons (Fsp3) is 0.0357.